The maximum atomic E-state index is 10.6. The Morgan fingerprint density at radius 1 is 1.53 bits per heavy atom. The number of nitro groups is 1. The lowest BCUT2D eigenvalue weighted by atomic mass is 9.91. The molecule has 17 heavy (non-hydrogen) atoms. The van der Waals surface area contributed by atoms with Crippen LogP contribution >= 0.6 is 11.6 Å². The Labute approximate surface area is 106 Å². The van der Waals surface area contributed by atoms with E-state index < -0.39 is 4.92 Å². The van der Waals surface area contributed by atoms with Gasteiger partial charge in [0.2, 0.25) is 0 Å². The number of nitrogens with two attached hydrogens (primary N) is 1. The van der Waals surface area contributed by atoms with Crippen molar-refractivity contribution in [2.75, 3.05) is 0 Å². The Balaban J connectivity index is 2.89. The molecule has 0 fully saturated rings. The molecule has 0 aliphatic rings. The largest absolute Gasteiger partial charge is 0.328 e. The number of non-ortho nitro benzene ring substituents is 1. The van der Waals surface area contributed by atoms with Gasteiger partial charge in [-0.25, -0.2) is 0 Å². The van der Waals surface area contributed by atoms with Crippen LogP contribution in [-0.4, -0.2) is 11.0 Å². The minimum atomic E-state index is -0.446. The van der Waals surface area contributed by atoms with Crippen LogP contribution < -0.4 is 5.73 Å². The van der Waals surface area contributed by atoms with Gasteiger partial charge in [0, 0.05) is 18.2 Å². The van der Waals surface area contributed by atoms with E-state index in [9.17, 15) is 10.1 Å². The topological polar surface area (TPSA) is 69.2 Å². The van der Waals surface area contributed by atoms with Crippen LogP contribution in [0.25, 0.3) is 0 Å². The molecule has 0 aliphatic heterocycles. The first-order chi connectivity index (χ1) is 7.95. The fourth-order valence-electron chi connectivity index (χ4n) is 1.80. The van der Waals surface area contributed by atoms with Crippen LogP contribution in [0.3, 0.4) is 0 Å². The van der Waals surface area contributed by atoms with Gasteiger partial charge in [-0.15, -0.1) is 0 Å². The maximum absolute atomic E-state index is 10.6. The summed E-state index contributed by atoms with van der Waals surface area (Å²) in [4.78, 5) is 10.1. The molecule has 4 nitrogen and oxygen atoms in total. The Hall–Kier alpha value is -1.13. The van der Waals surface area contributed by atoms with Crippen molar-refractivity contribution >= 4 is 17.3 Å². The number of benzene rings is 1. The summed E-state index contributed by atoms with van der Waals surface area (Å²) in [5.74, 6) is 0.342. The molecule has 0 saturated carbocycles. The summed E-state index contributed by atoms with van der Waals surface area (Å²) in [5.41, 5.74) is 6.81. The second-order valence-electron chi connectivity index (χ2n) is 4.26. The molecule has 1 rings (SSSR count). The van der Waals surface area contributed by atoms with E-state index in [1.807, 2.05) is 6.92 Å². The van der Waals surface area contributed by atoms with Gasteiger partial charge < -0.3 is 5.73 Å². The van der Waals surface area contributed by atoms with E-state index >= 15 is 0 Å². The van der Waals surface area contributed by atoms with E-state index in [0.717, 1.165) is 18.4 Å². The molecule has 1 aromatic rings. The third-order valence-electron chi connectivity index (χ3n) is 3.00. The van der Waals surface area contributed by atoms with Gasteiger partial charge in [0.1, 0.15) is 0 Å². The van der Waals surface area contributed by atoms with E-state index in [2.05, 4.69) is 6.92 Å². The summed E-state index contributed by atoms with van der Waals surface area (Å²) >= 11 is 6.03. The molecule has 0 spiro atoms. The van der Waals surface area contributed by atoms with Crippen molar-refractivity contribution in [1.82, 2.24) is 0 Å². The van der Waals surface area contributed by atoms with Gasteiger partial charge in [0.05, 0.1) is 9.95 Å². The Morgan fingerprint density at radius 3 is 2.59 bits per heavy atom. The Bertz CT molecular complexity index is 407. The Morgan fingerprint density at radius 2 is 2.18 bits per heavy atom. The third-order valence-corrected chi connectivity index (χ3v) is 3.35. The SMILES string of the molecule is CCC(Cc1ccc([N+](=O)[O-])cc1Cl)C(C)N. The van der Waals surface area contributed by atoms with E-state index in [-0.39, 0.29) is 11.7 Å². The zero-order valence-electron chi connectivity index (χ0n) is 10.0. The van der Waals surface area contributed by atoms with E-state index in [4.69, 9.17) is 17.3 Å². The van der Waals surface area contributed by atoms with E-state index in [1.165, 1.54) is 12.1 Å². The average molecular weight is 257 g/mol. The zero-order valence-corrected chi connectivity index (χ0v) is 10.8. The minimum absolute atomic E-state index is 0.0209. The van der Waals surface area contributed by atoms with Crippen LogP contribution in [0.4, 0.5) is 5.69 Å². The van der Waals surface area contributed by atoms with Gasteiger partial charge in [0.15, 0.2) is 0 Å². The molecule has 0 aromatic heterocycles. The van der Waals surface area contributed by atoms with Gasteiger partial charge in [-0.3, -0.25) is 10.1 Å². The average Bonchev–Trinajstić information content (AvgIpc) is 2.26. The van der Waals surface area contributed by atoms with Gasteiger partial charge in [-0.1, -0.05) is 31.0 Å². The van der Waals surface area contributed by atoms with Gasteiger partial charge in [0.25, 0.3) is 5.69 Å². The highest BCUT2D eigenvalue weighted by Gasteiger charge is 2.16. The lowest BCUT2D eigenvalue weighted by Gasteiger charge is -2.19. The second kappa shape index (κ2) is 5.98. The molecular weight excluding hydrogens is 240 g/mol. The summed E-state index contributed by atoms with van der Waals surface area (Å²) < 4.78 is 0. The predicted octanol–water partition coefficient (Wildman–Crippen LogP) is 3.16. The van der Waals surface area contributed by atoms with Crippen LogP contribution in [0, 0.1) is 16.0 Å². The summed E-state index contributed by atoms with van der Waals surface area (Å²) in [6, 6.07) is 4.68. The first-order valence-electron chi connectivity index (χ1n) is 5.64. The number of nitro benzene ring substituents is 1. The summed E-state index contributed by atoms with van der Waals surface area (Å²) in [7, 11) is 0. The highest BCUT2D eigenvalue weighted by atomic mass is 35.5. The summed E-state index contributed by atoms with van der Waals surface area (Å²) in [6.07, 6.45) is 1.72. The molecule has 2 N–H and O–H groups in total. The van der Waals surface area contributed by atoms with E-state index in [1.54, 1.807) is 6.07 Å². The number of hydrogen-bond donors (Lipinski definition) is 1. The summed E-state index contributed by atoms with van der Waals surface area (Å²) in [6.45, 7) is 4.04. The number of hydrogen-bond acceptors (Lipinski definition) is 3. The molecule has 0 heterocycles. The number of halogens is 1. The van der Waals surface area contributed by atoms with Crippen molar-refractivity contribution in [2.45, 2.75) is 32.7 Å². The lowest BCUT2D eigenvalue weighted by Crippen LogP contribution is -2.27. The van der Waals surface area contributed by atoms with Crippen molar-refractivity contribution in [3.05, 3.63) is 38.9 Å². The maximum Gasteiger partial charge on any atom is 0.270 e. The van der Waals surface area contributed by atoms with Crippen molar-refractivity contribution in [1.29, 1.82) is 0 Å². The molecule has 0 bridgehead atoms. The van der Waals surface area contributed by atoms with Crippen LogP contribution in [0.2, 0.25) is 5.02 Å². The lowest BCUT2D eigenvalue weighted by molar-refractivity contribution is -0.384. The van der Waals surface area contributed by atoms with Crippen molar-refractivity contribution in [3.63, 3.8) is 0 Å². The van der Waals surface area contributed by atoms with Crippen LogP contribution in [0.15, 0.2) is 18.2 Å². The monoisotopic (exact) mass is 256 g/mol. The van der Waals surface area contributed by atoms with E-state index in [0.29, 0.717) is 10.9 Å². The highest BCUT2D eigenvalue weighted by molar-refractivity contribution is 6.31. The molecule has 2 atom stereocenters. The molecule has 2 unspecified atom stereocenters. The summed E-state index contributed by atoms with van der Waals surface area (Å²) in [5, 5.41) is 11.0. The number of rotatable bonds is 5. The molecule has 0 aliphatic carbocycles. The highest BCUT2D eigenvalue weighted by Crippen LogP contribution is 2.26. The van der Waals surface area contributed by atoms with Crippen LogP contribution in [0.1, 0.15) is 25.8 Å². The van der Waals surface area contributed by atoms with Crippen LogP contribution in [-0.2, 0) is 6.42 Å². The smallest absolute Gasteiger partial charge is 0.270 e. The third kappa shape index (κ3) is 3.68. The van der Waals surface area contributed by atoms with Gasteiger partial charge in [-0.05, 0) is 24.8 Å². The second-order valence-corrected chi connectivity index (χ2v) is 4.67. The molecule has 94 valence electrons. The molecule has 5 heteroatoms. The molecule has 0 amide bonds. The first-order valence-corrected chi connectivity index (χ1v) is 6.01. The van der Waals surface area contributed by atoms with Crippen molar-refractivity contribution in [2.24, 2.45) is 11.7 Å². The van der Waals surface area contributed by atoms with Crippen molar-refractivity contribution in [3.8, 4) is 0 Å². The predicted molar refractivity (Wildman–Crippen MR) is 69.2 cm³/mol. The standard InChI is InChI=1S/C12H17ClN2O2/c1-3-9(8(2)14)6-10-4-5-11(15(16)17)7-12(10)13/h4-5,7-9H,3,6,14H2,1-2H3. The fraction of sp³-hybridized carbons (Fsp3) is 0.500. The van der Waals surface area contributed by atoms with Gasteiger partial charge >= 0.3 is 0 Å². The quantitative estimate of drug-likeness (QED) is 0.650. The molecule has 1 aromatic carbocycles. The first kappa shape index (κ1) is 13.9. The molecule has 0 radical (unpaired) electrons. The Kier molecular flexibility index (Phi) is 4.90. The molecule has 0 saturated heterocycles. The number of nitrogens with zero attached hydrogens (tertiary/aromatic N) is 1. The zero-order chi connectivity index (χ0) is 13.0. The van der Waals surface area contributed by atoms with Gasteiger partial charge in [-0.2, -0.15) is 0 Å². The minimum Gasteiger partial charge on any atom is -0.328 e. The normalized spacial score (nSPS) is 14.4. The van der Waals surface area contributed by atoms with Crippen molar-refractivity contribution < 1.29 is 4.92 Å². The fourth-order valence-corrected chi connectivity index (χ4v) is 2.05. The van der Waals surface area contributed by atoms with Crippen LogP contribution in [0.5, 0.6) is 0 Å². The molecular formula is C12H17ClN2O2.